The van der Waals surface area contributed by atoms with E-state index in [1.54, 1.807) is 38.1 Å². The predicted octanol–water partition coefficient (Wildman–Crippen LogP) is 3.09. The summed E-state index contributed by atoms with van der Waals surface area (Å²) in [4.78, 5) is 26.8. The second-order valence-corrected chi connectivity index (χ2v) is 8.15. The third-order valence-corrected chi connectivity index (χ3v) is 6.24. The largest absolute Gasteiger partial charge is 0.493 e. The van der Waals surface area contributed by atoms with Crippen LogP contribution in [0.3, 0.4) is 0 Å². The lowest BCUT2D eigenvalue weighted by Crippen LogP contribution is -2.49. The molecule has 0 atom stereocenters. The third-order valence-electron chi connectivity index (χ3n) is 5.24. The Balaban J connectivity index is 0.00000289. The number of hydrogen-bond acceptors (Lipinski definition) is 8. The van der Waals surface area contributed by atoms with Crippen LogP contribution in [-0.4, -0.2) is 66.9 Å². The second kappa shape index (κ2) is 10.6. The fraction of sp³-hybridized carbons (Fsp3) is 0.318. The number of nitrogens with two attached hydrogens (primary N) is 1. The molecule has 0 spiro atoms. The number of methoxy groups -OCH3 is 2. The SMILES string of the molecule is COc1cc2nc(N3CCN(C(=O)CSc4ccccc4)CC3)nc(N)c2cc1OC.Cl. The van der Waals surface area contributed by atoms with Gasteiger partial charge in [0.05, 0.1) is 25.5 Å². The highest BCUT2D eigenvalue weighted by Crippen LogP contribution is 2.34. The number of halogens is 1. The molecule has 1 aliphatic heterocycles. The number of benzene rings is 2. The van der Waals surface area contributed by atoms with Crippen molar-refractivity contribution in [1.82, 2.24) is 14.9 Å². The molecule has 0 bridgehead atoms. The van der Waals surface area contributed by atoms with E-state index in [1.165, 1.54) is 0 Å². The lowest BCUT2D eigenvalue weighted by atomic mass is 10.2. The number of amides is 1. The standard InChI is InChI=1S/C22H25N5O3S.ClH/c1-29-18-12-16-17(13-19(18)30-2)24-22(25-21(16)23)27-10-8-26(9-11-27)20(28)14-31-15-6-4-3-5-7-15;/h3-7,12-13H,8-11,14H2,1-2H3,(H2,23,24,25);1H. The van der Waals surface area contributed by atoms with Crippen LogP contribution < -0.4 is 20.1 Å². The topological polar surface area (TPSA) is 93.8 Å². The summed E-state index contributed by atoms with van der Waals surface area (Å²) in [6, 6.07) is 13.5. The normalized spacial score (nSPS) is 13.6. The van der Waals surface area contributed by atoms with Crippen molar-refractivity contribution in [2.75, 3.05) is 56.8 Å². The van der Waals surface area contributed by atoms with Crippen LogP contribution in [0.2, 0.25) is 0 Å². The number of rotatable bonds is 6. The quantitative estimate of drug-likeness (QED) is 0.543. The van der Waals surface area contributed by atoms with Gasteiger partial charge in [-0.05, 0) is 18.2 Å². The molecule has 4 rings (SSSR count). The molecule has 0 radical (unpaired) electrons. The summed E-state index contributed by atoms with van der Waals surface area (Å²) in [6.07, 6.45) is 0. The van der Waals surface area contributed by atoms with Crippen molar-refractivity contribution in [3.05, 3.63) is 42.5 Å². The van der Waals surface area contributed by atoms with E-state index in [4.69, 9.17) is 15.2 Å². The van der Waals surface area contributed by atoms with Gasteiger partial charge in [0.15, 0.2) is 11.5 Å². The van der Waals surface area contributed by atoms with Gasteiger partial charge in [0, 0.05) is 42.5 Å². The van der Waals surface area contributed by atoms with Crippen molar-refractivity contribution in [3.8, 4) is 11.5 Å². The highest BCUT2D eigenvalue weighted by atomic mass is 35.5. The molecule has 2 N–H and O–H groups in total. The van der Waals surface area contributed by atoms with Crippen molar-refractivity contribution in [3.63, 3.8) is 0 Å². The highest BCUT2D eigenvalue weighted by molar-refractivity contribution is 8.00. The van der Waals surface area contributed by atoms with E-state index in [0.29, 0.717) is 66.1 Å². The van der Waals surface area contributed by atoms with Gasteiger partial charge in [0.2, 0.25) is 11.9 Å². The minimum Gasteiger partial charge on any atom is -0.493 e. The molecular formula is C22H26ClN5O3S. The zero-order valence-electron chi connectivity index (χ0n) is 18.0. The number of anilines is 2. The highest BCUT2D eigenvalue weighted by Gasteiger charge is 2.23. The minimum absolute atomic E-state index is 0. The second-order valence-electron chi connectivity index (χ2n) is 7.10. The summed E-state index contributed by atoms with van der Waals surface area (Å²) in [5.41, 5.74) is 6.90. The van der Waals surface area contributed by atoms with Gasteiger partial charge in [0.1, 0.15) is 5.82 Å². The molecule has 1 saturated heterocycles. The first-order valence-electron chi connectivity index (χ1n) is 9.99. The number of fused-ring (bicyclic) bond motifs is 1. The number of hydrogen-bond donors (Lipinski definition) is 1. The van der Waals surface area contributed by atoms with E-state index in [2.05, 4.69) is 14.9 Å². The summed E-state index contributed by atoms with van der Waals surface area (Å²) in [5.74, 6) is 2.69. The number of nitrogen functional groups attached to an aromatic ring is 1. The smallest absolute Gasteiger partial charge is 0.233 e. The van der Waals surface area contributed by atoms with Crippen molar-refractivity contribution in [2.45, 2.75) is 4.90 Å². The maximum atomic E-state index is 12.6. The van der Waals surface area contributed by atoms with Gasteiger partial charge in [-0.25, -0.2) is 4.98 Å². The van der Waals surface area contributed by atoms with Gasteiger partial charge in [-0.1, -0.05) is 18.2 Å². The van der Waals surface area contributed by atoms with Gasteiger partial charge in [0.25, 0.3) is 0 Å². The predicted molar refractivity (Wildman–Crippen MR) is 130 cm³/mol. The first-order chi connectivity index (χ1) is 15.1. The van der Waals surface area contributed by atoms with Crippen LogP contribution in [-0.2, 0) is 4.79 Å². The molecule has 0 saturated carbocycles. The Morgan fingerprint density at radius 3 is 2.34 bits per heavy atom. The molecule has 1 amide bonds. The number of aromatic nitrogens is 2. The monoisotopic (exact) mass is 475 g/mol. The van der Waals surface area contributed by atoms with Crippen LogP contribution >= 0.6 is 24.2 Å². The van der Waals surface area contributed by atoms with E-state index < -0.39 is 0 Å². The Morgan fingerprint density at radius 1 is 1.03 bits per heavy atom. The third kappa shape index (κ3) is 5.11. The maximum absolute atomic E-state index is 12.6. The molecular weight excluding hydrogens is 450 g/mol. The lowest BCUT2D eigenvalue weighted by Gasteiger charge is -2.34. The van der Waals surface area contributed by atoms with E-state index in [1.807, 2.05) is 35.2 Å². The van der Waals surface area contributed by atoms with Gasteiger partial charge >= 0.3 is 0 Å². The van der Waals surface area contributed by atoms with E-state index >= 15 is 0 Å². The Hall–Kier alpha value is -2.91. The summed E-state index contributed by atoms with van der Waals surface area (Å²) >= 11 is 1.56. The lowest BCUT2D eigenvalue weighted by molar-refractivity contribution is -0.128. The first-order valence-corrected chi connectivity index (χ1v) is 11.0. The molecule has 3 aromatic rings. The Kier molecular flexibility index (Phi) is 7.87. The fourth-order valence-electron chi connectivity index (χ4n) is 3.52. The zero-order valence-corrected chi connectivity index (χ0v) is 19.6. The van der Waals surface area contributed by atoms with Crippen molar-refractivity contribution >= 4 is 52.7 Å². The fourth-order valence-corrected chi connectivity index (χ4v) is 4.34. The molecule has 10 heteroatoms. The zero-order chi connectivity index (χ0) is 21.8. The van der Waals surface area contributed by atoms with Crippen molar-refractivity contribution in [1.29, 1.82) is 0 Å². The van der Waals surface area contributed by atoms with E-state index in [9.17, 15) is 4.79 Å². The summed E-state index contributed by atoms with van der Waals surface area (Å²) in [7, 11) is 3.16. The Bertz CT molecular complexity index is 1080. The summed E-state index contributed by atoms with van der Waals surface area (Å²) in [6.45, 7) is 2.56. The van der Waals surface area contributed by atoms with Crippen LogP contribution in [0.1, 0.15) is 0 Å². The van der Waals surface area contributed by atoms with E-state index in [0.717, 1.165) is 4.90 Å². The van der Waals surface area contributed by atoms with Crippen LogP contribution in [0.15, 0.2) is 47.4 Å². The molecule has 2 aromatic carbocycles. The molecule has 170 valence electrons. The molecule has 1 fully saturated rings. The number of carbonyl (C=O) groups excluding carboxylic acids is 1. The molecule has 2 heterocycles. The van der Waals surface area contributed by atoms with Crippen LogP contribution in [0.4, 0.5) is 11.8 Å². The number of piperazine rings is 1. The molecule has 32 heavy (non-hydrogen) atoms. The van der Waals surface area contributed by atoms with Crippen molar-refractivity contribution in [2.24, 2.45) is 0 Å². The van der Waals surface area contributed by atoms with Gasteiger partial charge < -0.3 is 25.0 Å². The minimum atomic E-state index is 0. The average Bonchev–Trinajstić information content (AvgIpc) is 2.82. The Labute approximate surface area is 197 Å². The molecule has 0 aliphatic carbocycles. The van der Waals surface area contributed by atoms with Crippen molar-refractivity contribution < 1.29 is 14.3 Å². The summed E-state index contributed by atoms with van der Waals surface area (Å²) in [5, 5.41) is 0.716. The number of nitrogens with zero attached hydrogens (tertiary/aromatic N) is 4. The average molecular weight is 476 g/mol. The maximum Gasteiger partial charge on any atom is 0.233 e. The van der Waals surface area contributed by atoms with Crippen LogP contribution in [0.5, 0.6) is 11.5 Å². The molecule has 8 nitrogen and oxygen atoms in total. The molecule has 1 aliphatic rings. The molecule has 0 unspecified atom stereocenters. The molecule has 1 aromatic heterocycles. The van der Waals surface area contributed by atoms with E-state index in [-0.39, 0.29) is 18.3 Å². The number of carbonyl (C=O) groups is 1. The van der Waals surface area contributed by atoms with Crippen LogP contribution in [0, 0.1) is 0 Å². The number of thioether (sulfide) groups is 1. The van der Waals surface area contributed by atoms with Gasteiger partial charge in [-0.3, -0.25) is 4.79 Å². The number of ether oxygens (including phenoxy) is 2. The van der Waals surface area contributed by atoms with Crippen LogP contribution in [0.25, 0.3) is 10.9 Å². The Morgan fingerprint density at radius 2 is 1.69 bits per heavy atom. The van der Waals surface area contributed by atoms with Gasteiger partial charge in [-0.15, -0.1) is 24.2 Å². The van der Waals surface area contributed by atoms with Gasteiger partial charge in [-0.2, -0.15) is 4.98 Å². The first kappa shape index (κ1) is 23.7. The summed E-state index contributed by atoms with van der Waals surface area (Å²) < 4.78 is 10.7.